The van der Waals surface area contributed by atoms with Crippen LogP contribution in [0.25, 0.3) is 34.4 Å². The monoisotopic (exact) mass is 436 g/mol. The summed E-state index contributed by atoms with van der Waals surface area (Å²) in [6, 6.07) is 47.6. The lowest BCUT2D eigenvalue weighted by Gasteiger charge is -2.10. The zero-order chi connectivity index (χ0) is 23.0. The van der Waals surface area contributed by atoms with Gasteiger partial charge in [0.05, 0.1) is 0 Å². The Balaban J connectivity index is 1.70. The number of rotatable bonds is 6. The van der Waals surface area contributed by atoms with Crippen molar-refractivity contribution in [3.05, 3.63) is 155 Å². The van der Waals surface area contributed by atoms with Crippen molar-refractivity contribution >= 4 is 12.2 Å². The molecule has 0 nitrogen and oxygen atoms in total. The highest BCUT2D eigenvalue weighted by molar-refractivity contribution is 5.73. The van der Waals surface area contributed by atoms with E-state index in [0.717, 1.165) is 12.8 Å². The van der Waals surface area contributed by atoms with Gasteiger partial charge in [-0.3, -0.25) is 0 Å². The lowest BCUT2D eigenvalue weighted by Crippen LogP contribution is -2.16. The standard InChI is InChI=1S/C34H28/c1-5-13-27(14-6-1)21-23-31-25-34(30-19-11-4-12-20-30)32(24-22-28-15-7-2-8-16-28)26-33(31)29-17-9-3-10-18-29/h1-20,23-26H,21-22H2. The molecule has 0 saturated carbocycles. The number of hydrogen-bond donors (Lipinski definition) is 0. The predicted octanol–water partition coefficient (Wildman–Crippen LogP) is 7.07. The van der Waals surface area contributed by atoms with Gasteiger partial charge in [-0.15, -0.1) is 0 Å². The second-order valence-electron chi connectivity index (χ2n) is 8.55. The lowest BCUT2D eigenvalue weighted by molar-refractivity contribution is 1.31. The molecule has 164 valence electrons. The van der Waals surface area contributed by atoms with Gasteiger partial charge in [-0.05, 0) is 68.8 Å². The molecule has 0 heterocycles. The molecule has 0 bridgehead atoms. The van der Waals surface area contributed by atoms with Crippen LogP contribution in [-0.4, -0.2) is 0 Å². The molecule has 5 aromatic carbocycles. The fourth-order valence-corrected chi connectivity index (χ4v) is 4.39. The van der Waals surface area contributed by atoms with Gasteiger partial charge < -0.3 is 0 Å². The van der Waals surface area contributed by atoms with Gasteiger partial charge in [0.2, 0.25) is 0 Å². The first kappa shape index (κ1) is 21.7. The third kappa shape index (κ3) is 5.24. The summed E-state index contributed by atoms with van der Waals surface area (Å²) < 4.78 is 0. The molecule has 34 heavy (non-hydrogen) atoms. The summed E-state index contributed by atoms with van der Waals surface area (Å²) in [6.07, 6.45) is 6.54. The second kappa shape index (κ2) is 10.6. The van der Waals surface area contributed by atoms with Crippen molar-refractivity contribution < 1.29 is 0 Å². The smallest absolute Gasteiger partial charge is 0.00882 e. The van der Waals surface area contributed by atoms with Crippen LogP contribution >= 0.6 is 0 Å². The molecule has 0 saturated heterocycles. The fourth-order valence-electron chi connectivity index (χ4n) is 4.39. The van der Waals surface area contributed by atoms with Crippen LogP contribution < -0.4 is 10.4 Å². The molecule has 0 atom stereocenters. The summed E-state index contributed by atoms with van der Waals surface area (Å²) in [5.41, 5.74) is 7.68. The van der Waals surface area contributed by atoms with Gasteiger partial charge in [0.1, 0.15) is 0 Å². The van der Waals surface area contributed by atoms with Crippen molar-refractivity contribution in [2.75, 3.05) is 0 Å². The number of hydrogen-bond acceptors (Lipinski definition) is 0. The van der Waals surface area contributed by atoms with E-state index >= 15 is 0 Å². The van der Waals surface area contributed by atoms with E-state index in [1.165, 1.54) is 43.8 Å². The quantitative estimate of drug-likeness (QED) is 0.267. The minimum absolute atomic E-state index is 0.905. The van der Waals surface area contributed by atoms with Gasteiger partial charge in [0, 0.05) is 0 Å². The Morgan fingerprint density at radius 1 is 0.382 bits per heavy atom. The Kier molecular flexibility index (Phi) is 6.78. The van der Waals surface area contributed by atoms with Crippen molar-refractivity contribution in [2.45, 2.75) is 12.8 Å². The van der Waals surface area contributed by atoms with E-state index in [1.54, 1.807) is 0 Å². The van der Waals surface area contributed by atoms with Crippen molar-refractivity contribution in [3.8, 4) is 22.3 Å². The van der Waals surface area contributed by atoms with Gasteiger partial charge in [-0.1, -0.05) is 133 Å². The van der Waals surface area contributed by atoms with Crippen LogP contribution in [0.1, 0.15) is 11.1 Å². The summed E-state index contributed by atoms with van der Waals surface area (Å²) in [7, 11) is 0. The molecular weight excluding hydrogens is 408 g/mol. The molecule has 0 heteroatoms. The zero-order valence-electron chi connectivity index (χ0n) is 19.3. The topological polar surface area (TPSA) is 0 Å². The van der Waals surface area contributed by atoms with E-state index in [4.69, 9.17) is 0 Å². The molecule has 0 aliphatic heterocycles. The van der Waals surface area contributed by atoms with Crippen LogP contribution in [0.4, 0.5) is 0 Å². The summed E-state index contributed by atoms with van der Waals surface area (Å²) in [5.74, 6) is 0. The summed E-state index contributed by atoms with van der Waals surface area (Å²) in [4.78, 5) is 0. The summed E-state index contributed by atoms with van der Waals surface area (Å²) in [5, 5.41) is 2.54. The second-order valence-corrected chi connectivity index (χ2v) is 8.55. The maximum atomic E-state index is 2.37. The largest absolute Gasteiger partial charge is 0.0722 e. The number of benzene rings is 5. The minimum atomic E-state index is 0.905. The van der Waals surface area contributed by atoms with Crippen molar-refractivity contribution in [3.63, 3.8) is 0 Å². The normalized spacial score (nSPS) is 12.1. The highest BCUT2D eigenvalue weighted by atomic mass is 14.1. The fraction of sp³-hybridized carbons (Fsp3) is 0.0588. The Labute approximate surface area is 202 Å². The Morgan fingerprint density at radius 3 is 1.06 bits per heavy atom. The minimum Gasteiger partial charge on any atom is -0.0722 e. The molecular formula is C34H28. The molecule has 0 spiro atoms. The van der Waals surface area contributed by atoms with E-state index in [-0.39, 0.29) is 0 Å². The van der Waals surface area contributed by atoms with Crippen LogP contribution in [0.3, 0.4) is 0 Å². The highest BCUT2D eigenvalue weighted by Crippen LogP contribution is 2.19. The van der Waals surface area contributed by atoms with Crippen molar-refractivity contribution in [1.29, 1.82) is 0 Å². The highest BCUT2D eigenvalue weighted by Gasteiger charge is 2.06. The Morgan fingerprint density at radius 2 is 0.706 bits per heavy atom. The van der Waals surface area contributed by atoms with Gasteiger partial charge in [0.25, 0.3) is 0 Å². The molecule has 0 aliphatic carbocycles. The van der Waals surface area contributed by atoms with E-state index in [2.05, 4.69) is 146 Å². The van der Waals surface area contributed by atoms with Gasteiger partial charge >= 0.3 is 0 Å². The lowest BCUT2D eigenvalue weighted by atomic mass is 9.94. The van der Waals surface area contributed by atoms with Crippen LogP contribution in [0.15, 0.2) is 133 Å². The maximum absolute atomic E-state index is 2.37. The summed E-state index contributed by atoms with van der Waals surface area (Å²) in [6.45, 7) is 0. The van der Waals surface area contributed by atoms with E-state index in [0.29, 0.717) is 0 Å². The third-order valence-corrected chi connectivity index (χ3v) is 6.19. The predicted molar refractivity (Wildman–Crippen MR) is 146 cm³/mol. The molecule has 0 unspecified atom stereocenters. The SMILES string of the molecule is C(Cc1ccccc1)=c1cc(-c2ccccc2)c(=CCc2ccccc2)cc1-c1ccccc1. The Bertz CT molecular complexity index is 1330. The van der Waals surface area contributed by atoms with E-state index in [9.17, 15) is 0 Å². The molecule has 0 fully saturated rings. The van der Waals surface area contributed by atoms with Crippen LogP contribution in [0.5, 0.6) is 0 Å². The first-order chi connectivity index (χ1) is 16.9. The zero-order valence-corrected chi connectivity index (χ0v) is 19.3. The van der Waals surface area contributed by atoms with Crippen LogP contribution in [-0.2, 0) is 12.8 Å². The molecule has 0 radical (unpaired) electrons. The van der Waals surface area contributed by atoms with Crippen LogP contribution in [0.2, 0.25) is 0 Å². The van der Waals surface area contributed by atoms with Crippen molar-refractivity contribution in [2.24, 2.45) is 0 Å². The summed E-state index contributed by atoms with van der Waals surface area (Å²) >= 11 is 0. The van der Waals surface area contributed by atoms with E-state index in [1.807, 2.05) is 0 Å². The first-order valence-corrected chi connectivity index (χ1v) is 11.9. The Hall–Kier alpha value is -4.16. The average Bonchev–Trinajstić information content (AvgIpc) is 2.93. The maximum Gasteiger partial charge on any atom is -0.00882 e. The molecule has 0 aliphatic rings. The molecule has 5 rings (SSSR count). The molecule has 0 N–H and O–H groups in total. The first-order valence-electron chi connectivity index (χ1n) is 11.9. The average molecular weight is 437 g/mol. The molecule has 0 amide bonds. The van der Waals surface area contributed by atoms with Crippen LogP contribution in [0, 0.1) is 0 Å². The van der Waals surface area contributed by atoms with Crippen molar-refractivity contribution in [1.82, 2.24) is 0 Å². The molecule has 0 aromatic heterocycles. The van der Waals surface area contributed by atoms with E-state index < -0.39 is 0 Å². The van der Waals surface area contributed by atoms with Gasteiger partial charge in [-0.25, -0.2) is 0 Å². The van der Waals surface area contributed by atoms with Gasteiger partial charge in [-0.2, -0.15) is 0 Å². The van der Waals surface area contributed by atoms with Gasteiger partial charge in [0.15, 0.2) is 0 Å². The third-order valence-electron chi connectivity index (χ3n) is 6.19. The molecule has 5 aromatic rings.